The molecule has 0 spiro atoms. The molecule has 0 aromatic heterocycles. The number of aliphatic hydroxyl groups excluding tert-OH is 1. The van der Waals surface area contributed by atoms with Crippen molar-refractivity contribution in [3.05, 3.63) is 0 Å². The first kappa shape index (κ1) is 19.9. The molecular formula is C18H34N2O3. The van der Waals surface area contributed by atoms with Crippen molar-refractivity contribution in [1.82, 2.24) is 10.6 Å². The van der Waals surface area contributed by atoms with Gasteiger partial charge in [-0.1, -0.05) is 64.7 Å². The van der Waals surface area contributed by atoms with Crippen LogP contribution in [0, 0.1) is 0 Å². The zero-order chi connectivity index (χ0) is 16.9. The largest absolute Gasteiger partial charge is 0.394 e. The van der Waals surface area contributed by atoms with Crippen molar-refractivity contribution in [1.29, 1.82) is 0 Å². The van der Waals surface area contributed by atoms with E-state index in [1.807, 2.05) is 6.92 Å². The number of nitrogens with one attached hydrogen (secondary N) is 2. The van der Waals surface area contributed by atoms with Gasteiger partial charge in [0.05, 0.1) is 12.6 Å². The van der Waals surface area contributed by atoms with Gasteiger partial charge in [0.1, 0.15) is 0 Å². The lowest BCUT2D eigenvalue weighted by atomic mass is 9.98. The Bertz CT molecular complexity index is 331. The molecule has 134 valence electrons. The average Bonchev–Trinajstić information content (AvgIpc) is 2.54. The second-order valence-electron chi connectivity index (χ2n) is 6.69. The maximum absolute atomic E-state index is 12.0. The van der Waals surface area contributed by atoms with Crippen LogP contribution in [0.2, 0.25) is 0 Å². The summed E-state index contributed by atoms with van der Waals surface area (Å²) in [5.74, 6) is -1.19. The highest BCUT2D eigenvalue weighted by Gasteiger charge is 2.20. The van der Waals surface area contributed by atoms with E-state index in [1.54, 1.807) is 0 Å². The molecule has 1 rings (SSSR count). The SMILES string of the molecule is CCC(CO)NC(=O)C(=O)NC1CCCCCCCCCCC1. The fraction of sp³-hybridized carbons (Fsp3) is 0.889. The number of amides is 2. The average molecular weight is 326 g/mol. The first-order chi connectivity index (χ1) is 11.2. The van der Waals surface area contributed by atoms with Crippen LogP contribution in [-0.4, -0.2) is 35.6 Å². The maximum Gasteiger partial charge on any atom is 0.309 e. The van der Waals surface area contributed by atoms with Crippen LogP contribution in [0.15, 0.2) is 0 Å². The third-order valence-corrected chi connectivity index (χ3v) is 4.70. The third kappa shape index (κ3) is 8.94. The zero-order valence-electron chi connectivity index (χ0n) is 14.6. The van der Waals surface area contributed by atoms with Gasteiger partial charge in [-0.2, -0.15) is 0 Å². The molecule has 0 radical (unpaired) electrons. The van der Waals surface area contributed by atoms with E-state index in [2.05, 4.69) is 10.6 Å². The van der Waals surface area contributed by atoms with Gasteiger partial charge in [0, 0.05) is 6.04 Å². The molecule has 5 nitrogen and oxygen atoms in total. The Hall–Kier alpha value is -1.10. The number of hydrogen-bond donors (Lipinski definition) is 3. The summed E-state index contributed by atoms with van der Waals surface area (Å²) in [6, 6.07) is -0.244. The van der Waals surface area contributed by atoms with Gasteiger partial charge < -0.3 is 15.7 Å². The van der Waals surface area contributed by atoms with Crippen LogP contribution >= 0.6 is 0 Å². The van der Waals surface area contributed by atoms with Gasteiger partial charge in [-0.15, -0.1) is 0 Å². The van der Waals surface area contributed by atoms with Crippen molar-refractivity contribution >= 4 is 11.8 Å². The van der Waals surface area contributed by atoms with E-state index < -0.39 is 11.8 Å². The lowest BCUT2D eigenvalue weighted by molar-refractivity contribution is -0.140. The number of carbonyl (C=O) groups is 2. The second-order valence-corrected chi connectivity index (χ2v) is 6.69. The summed E-state index contributed by atoms with van der Waals surface area (Å²) in [6.45, 7) is 1.73. The van der Waals surface area contributed by atoms with Gasteiger partial charge >= 0.3 is 11.8 Å². The Labute approximate surface area is 140 Å². The lowest BCUT2D eigenvalue weighted by Gasteiger charge is -2.20. The molecule has 0 saturated heterocycles. The Balaban J connectivity index is 2.42. The maximum atomic E-state index is 12.0. The van der Waals surface area contributed by atoms with Crippen molar-refractivity contribution in [2.24, 2.45) is 0 Å². The number of aliphatic hydroxyl groups is 1. The van der Waals surface area contributed by atoms with Crippen molar-refractivity contribution in [2.45, 2.75) is 96.1 Å². The predicted octanol–water partition coefficient (Wildman–Crippen LogP) is 2.66. The molecule has 0 aliphatic heterocycles. The van der Waals surface area contributed by atoms with E-state index in [4.69, 9.17) is 5.11 Å². The van der Waals surface area contributed by atoms with Crippen LogP contribution in [0.5, 0.6) is 0 Å². The van der Waals surface area contributed by atoms with Crippen molar-refractivity contribution in [3.8, 4) is 0 Å². The Morgan fingerprint density at radius 1 is 0.913 bits per heavy atom. The molecule has 0 heterocycles. The standard InChI is InChI=1S/C18H34N2O3/c1-2-15(14-21)19-17(22)18(23)20-16-12-10-8-6-4-3-5-7-9-11-13-16/h15-16,21H,2-14H2,1H3,(H,19,22)(H,20,23). The molecule has 2 amide bonds. The highest BCUT2D eigenvalue weighted by molar-refractivity contribution is 6.35. The highest BCUT2D eigenvalue weighted by atomic mass is 16.3. The quantitative estimate of drug-likeness (QED) is 0.695. The van der Waals surface area contributed by atoms with E-state index in [0.29, 0.717) is 6.42 Å². The molecule has 0 aromatic rings. The minimum Gasteiger partial charge on any atom is -0.394 e. The minimum atomic E-state index is -0.628. The van der Waals surface area contributed by atoms with E-state index in [-0.39, 0.29) is 18.7 Å². The van der Waals surface area contributed by atoms with Crippen LogP contribution in [0.4, 0.5) is 0 Å². The molecule has 23 heavy (non-hydrogen) atoms. The first-order valence-electron chi connectivity index (χ1n) is 9.39. The van der Waals surface area contributed by atoms with Crippen LogP contribution in [-0.2, 0) is 9.59 Å². The first-order valence-corrected chi connectivity index (χ1v) is 9.39. The third-order valence-electron chi connectivity index (χ3n) is 4.70. The molecule has 1 aliphatic carbocycles. The Kier molecular flexibility index (Phi) is 10.7. The monoisotopic (exact) mass is 326 g/mol. The van der Waals surface area contributed by atoms with Crippen LogP contribution in [0.3, 0.4) is 0 Å². The number of carbonyl (C=O) groups excluding carboxylic acids is 2. The van der Waals surface area contributed by atoms with E-state index in [0.717, 1.165) is 25.7 Å². The van der Waals surface area contributed by atoms with Crippen molar-refractivity contribution in [2.75, 3.05) is 6.61 Å². The summed E-state index contributed by atoms with van der Waals surface area (Å²) in [6.07, 6.45) is 13.7. The summed E-state index contributed by atoms with van der Waals surface area (Å²) >= 11 is 0. The molecular weight excluding hydrogens is 292 g/mol. The van der Waals surface area contributed by atoms with E-state index in [9.17, 15) is 9.59 Å². The topological polar surface area (TPSA) is 78.4 Å². The van der Waals surface area contributed by atoms with Crippen LogP contribution in [0.1, 0.15) is 84.0 Å². The molecule has 5 heteroatoms. The van der Waals surface area contributed by atoms with Crippen molar-refractivity contribution < 1.29 is 14.7 Å². The Morgan fingerprint density at radius 2 is 1.39 bits per heavy atom. The molecule has 1 fully saturated rings. The van der Waals surface area contributed by atoms with Crippen molar-refractivity contribution in [3.63, 3.8) is 0 Å². The normalized spacial score (nSPS) is 19.9. The molecule has 1 atom stereocenters. The molecule has 1 saturated carbocycles. The second kappa shape index (κ2) is 12.3. The van der Waals surface area contributed by atoms with E-state index >= 15 is 0 Å². The van der Waals surface area contributed by atoms with Gasteiger partial charge in [0.2, 0.25) is 0 Å². The fourth-order valence-corrected chi connectivity index (χ4v) is 3.09. The van der Waals surface area contributed by atoms with Crippen LogP contribution in [0.25, 0.3) is 0 Å². The lowest BCUT2D eigenvalue weighted by Crippen LogP contribution is -2.48. The van der Waals surface area contributed by atoms with Gasteiger partial charge in [-0.05, 0) is 19.3 Å². The summed E-state index contributed by atoms with van der Waals surface area (Å²) in [5.41, 5.74) is 0. The molecule has 3 N–H and O–H groups in total. The van der Waals surface area contributed by atoms with Crippen LogP contribution < -0.4 is 10.6 Å². The van der Waals surface area contributed by atoms with E-state index in [1.165, 1.54) is 44.9 Å². The van der Waals surface area contributed by atoms with Gasteiger partial charge in [-0.3, -0.25) is 9.59 Å². The summed E-state index contributed by atoms with van der Waals surface area (Å²) in [4.78, 5) is 23.9. The minimum absolute atomic E-state index is 0.0990. The predicted molar refractivity (Wildman–Crippen MR) is 92.0 cm³/mol. The smallest absolute Gasteiger partial charge is 0.309 e. The summed E-state index contributed by atoms with van der Waals surface area (Å²) < 4.78 is 0. The number of hydrogen-bond acceptors (Lipinski definition) is 3. The fourth-order valence-electron chi connectivity index (χ4n) is 3.09. The summed E-state index contributed by atoms with van der Waals surface area (Å²) in [7, 11) is 0. The molecule has 1 unspecified atom stereocenters. The number of rotatable bonds is 4. The summed E-state index contributed by atoms with van der Waals surface area (Å²) in [5, 5.41) is 14.6. The van der Waals surface area contributed by atoms with Gasteiger partial charge in [-0.25, -0.2) is 0 Å². The van der Waals surface area contributed by atoms with Gasteiger partial charge in [0.15, 0.2) is 0 Å². The van der Waals surface area contributed by atoms with Gasteiger partial charge in [0.25, 0.3) is 0 Å². The zero-order valence-corrected chi connectivity index (χ0v) is 14.6. The highest BCUT2D eigenvalue weighted by Crippen LogP contribution is 2.16. The molecule has 0 bridgehead atoms. The Morgan fingerprint density at radius 3 is 1.83 bits per heavy atom. The molecule has 0 aromatic carbocycles. The molecule has 1 aliphatic rings.